The third-order valence-electron chi connectivity index (χ3n) is 5.22. The fourth-order valence-electron chi connectivity index (χ4n) is 3.05. The van der Waals surface area contributed by atoms with E-state index in [-0.39, 0.29) is 35.9 Å². The normalized spacial score (nSPS) is 14.4. The molecule has 0 atom stereocenters. The van der Waals surface area contributed by atoms with Gasteiger partial charge in [0.15, 0.2) is 0 Å². The van der Waals surface area contributed by atoms with E-state index in [1.165, 1.54) is 35.6 Å². The molecule has 1 aromatic carbocycles. The first-order valence-electron chi connectivity index (χ1n) is 9.11. The third-order valence-corrected chi connectivity index (χ3v) is 5.51. The van der Waals surface area contributed by atoms with Gasteiger partial charge < -0.3 is 16.0 Å². The lowest BCUT2D eigenvalue weighted by Crippen LogP contribution is -2.58. The minimum Gasteiger partial charge on any atom is -0.365 e. The van der Waals surface area contributed by atoms with E-state index in [1.54, 1.807) is 0 Å². The SMILES string of the molecule is CC(F)(F)C(C)(C)NC(=O)N1CCn2nc(-c3ccc(F)c(Cl)c3)c(C(N)=O)c2C1. The third kappa shape index (κ3) is 3.96. The lowest BCUT2D eigenvalue weighted by molar-refractivity contribution is -0.0547. The number of aromatic nitrogens is 2. The van der Waals surface area contributed by atoms with Crippen molar-refractivity contribution in [3.05, 3.63) is 40.3 Å². The van der Waals surface area contributed by atoms with Crippen LogP contribution >= 0.6 is 11.6 Å². The number of nitrogens with one attached hydrogen (secondary N) is 1. The number of nitrogens with two attached hydrogens (primary N) is 1. The zero-order valence-electron chi connectivity index (χ0n) is 16.6. The number of alkyl halides is 2. The first-order valence-corrected chi connectivity index (χ1v) is 9.49. The Bertz CT molecular complexity index is 1020. The maximum absolute atomic E-state index is 13.7. The summed E-state index contributed by atoms with van der Waals surface area (Å²) in [4.78, 5) is 26.1. The highest BCUT2D eigenvalue weighted by atomic mass is 35.5. The highest BCUT2D eigenvalue weighted by molar-refractivity contribution is 6.31. The molecule has 3 amide bonds. The van der Waals surface area contributed by atoms with Gasteiger partial charge in [0.1, 0.15) is 11.5 Å². The molecule has 1 aliphatic rings. The highest BCUT2D eigenvalue weighted by Gasteiger charge is 2.44. The van der Waals surface area contributed by atoms with Crippen LogP contribution in [0.2, 0.25) is 5.02 Å². The summed E-state index contributed by atoms with van der Waals surface area (Å²) >= 11 is 5.84. The van der Waals surface area contributed by atoms with E-state index in [2.05, 4.69) is 10.4 Å². The first-order chi connectivity index (χ1) is 13.8. The van der Waals surface area contributed by atoms with Gasteiger partial charge in [-0.05, 0) is 32.0 Å². The second-order valence-corrected chi connectivity index (χ2v) is 8.16. The Morgan fingerprint density at radius 1 is 1.23 bits per heavy atom. The number of primary amides is 1. The van der Waals surface area contributed by atoms with Crippen molar-refractivity contribution in [2.24, 2.45) is 5.73 Å². The Morgan fingerprint density at radius 3 is 2.47 bits per heavy atom. The molecule has 0 fully saturated rings. The molecule has 3 rings (SSSR count). The number of amides is 3. The molecule has 0 saturated carbocycles. The number of hydrogen-bond donors (Lipinski definition) is 2. The lowest BCUT2D eigenvalue weighted by atomic mass is 9.98. The summed E-state index contributed by atoms with van der Waals surface area (Å²) in [6.07, 6.45) is 0. The largest absolute Gasteiger partial charge is 0.365 e. The summed E-state index contributed by atoms with van der Waals surface area (Å²) < 4.78 is 42.5. The molecule has 1 aliphatic heterocycles. The molecule has 162 valence electrons. The fourth-order valence-corrected chi connectivity index (χ4v) is 3.23. The molecule has 0 spiro atoms. The van der Waals surface area contributed by atoms with Crippen LogP contribution < -0.4 is 11.1 Å². The van der Waals surface area contributed by atoms with Crippen LogP contribution in [0.25, 0.3) is 11.3 Å². The number of urea groups is 1. The number of carbonyl (C=O) groups is 2. The van der Waals surface area contributed by atoms with Crippen molar-refractivity contribution in [1.29, 1.82) is 0 Å². The van der Waals surface area contributed by atoms with Crippen LogP contribution in [0.5, 0.6) is 0 Å². The number of nitrogens with zero attached hydrogens (tertiary/aromatic N) is 3. The topological polar surface area (TPSA) is 93.2 Å². The zero-order chi connectivity index (χ0) is 22.4. The van der Waals surface area contributed by atoms with E-state index < -0.39 is 29.2 Å². The Labute approximate surface area is 176 Å². The highest BCUT2D eigenvalue weighted by Crippen LogP contribution is 2.31. The smallest absolute Gasteiger partial charge is 0.318 e. The maximum Gasteiger partial charge on any atom is 0.318 e. The zero-order valence-corrected chi connectivity index (χ0v) is 17.4. The van der Waals surface area contributed by atoms with Crippen LogP contribution in [0.15, 0.2) is 18.2 Å². The number of halogens is 4. The van der Waals surface area contributed by atoms with Crippen molar-refractivity contribution in [3.8, 4) is 11.3 Å². The number of hydrogen-bond acceptors (Lipinski definition) is 3. The van der Waals surface area contributed by atoms with E-state index >= 15 is 0 Å². The Balaban J connectivity index is 1.93. The molecule has 2 aromatic rings. The molecule has 0 radical (unpaired) electrons. The van der Waals surface area contributed by atoms with Crippen molar-refractivity contribution in [2.75, 3.05) is 6.54 Å². The number of carbonyl (C=O) groups excluding carboxylic acids is 2. The average molecular weight is 444 g/mol. The molecule has 0 unspecified atom stereocenters. The second kappa shape index (κ2) is 7.50. The van der Waals surface area contributed by atoms with Crippen LogP contribution in [0.3, 0.4) is 0 Å². The van der Waals surface area contributed by atoms with Crippen molar-refractivity contribution in [1.82, 2.24) is 20.0 Å². The molecular weight excluding hydrogens is 423 g/mol. The van der Waals surface area contributed by atoms with Crippen LogP contribution in [0, 0.1) is 5.82 Å². The van der Waals surface area contributed by atoms with E-state index in [0.717, 1.165) is 13.0 Å². The Kier molecular flexibility index (Phi) is 5.48. The van der Waals surface area contributed by atoms with Gasteiger partial charge in [-0.1, -0.05) is 11.6 Å². The molecule has 2 heterocycles. The minimum atomic E-state index is -3.15. The molecule has 11 heteroatoms. The monoisotopic (exact) mass is 443 g/mol. The van der Waals surface area contributed by atoms with Crippen LogP contribution in [0.4, 0.5) is 18.0 Å². The van der Waals surface area contributed by atoms with Gasteiger partial charge in [-0.3, -0.25) is 9.48 Å². The molecule has 0 saturated heterocycles. The van der Waals surface area contributed by atoms with E-state index in [0.29, 0.717) is 11.3 Å². The first kappa shape index (κ1) is 21.9. The average Bonchev–Trinajstić information content (AvgIpc) is 3.01. The van der Waals surface area contributed by atoms with Crippen molar-refractivity contribution < 1.29 is 22.8 Å². The summed E-state index contributed by atoms with van der Waals surface area (Å²) in [6, 6.07) is 3.19. The number of rotatable bonds is 4. The van der Waals surface area contributed by atoms with Crippen molar-refractivity contribution >= 4 is 23.5 Å². The molecule has 7 nitrogen and oxygen atoms in total. The van der Waals surface area contributed by atoms with E-state index in [4.69, 9.17) is 17.3 Å². The van der Waals surface area contributed by atoms with Gasteiger partial charge in [-0.25, -0.2) is 18.0 Å². The summed E-state index contributed by atoms with van der Waals surface area (Å²) in [6.45, 7) is 3.53. The van der Waals surface area contributed by atoms with Gasteiger partial charge in [0.05, 0.1) is 34.9 Å². The number of fused-ring (bicyclic) bond motifs is 1. The Hall–Kier alpha value is -2.75. The summed E-state index contributed by atoms with van der Waals surface area (Å²) in [5, 5.41) is 6.57. The summed E-state index contributed by atoms with van der Waals surface area (Å²) in [7, 11) is 0. The predicted molar refractivity (Wildman–Crippen MR) is 105 cm³/mol. The van der Waals surface area contributed by atoms with Gasteiger partial charge in [-0.15, -0.1) is 0 Å². The Morgan fingerprint density at radius 2 is 1.90 bits per heavy atom. The van der Waals surface area contributed by atoms with Crippen LogP contribution in [-0.2, 0) is 13.1 Å². The molecule has 3 N–H and O–H groups in total. The standard InChI is InChI=1S/C19H21ClF3N5O2/c1-18(2,19(3,22)23)25-17(30)27-6-7-28-13(9-27)14(16(24)29)15(26-28)10-4-5-12(21)11(20)8-10/h4-5,8H,6-7,9H2,1-3H3,(H2,24,29)(H,25,30). The van der Waals surface area contributed by atoms with Gasteiger partial charge in [-0.2, -0.15) is 5.10 Å². The number of benzene rings is 1. The quantitative estimate of drug-likeness (QED) is 0.758. The molecule has 1 aromatic heterocycles. The molecule has 30 heavy (non-hydrogen) atoms. The maximum atomic E-state index is 13.7. The second-order valence-electron chi connectivity index (χ2n) is 7.75. The summed E-state index contributed by atoms with van der Waals surface area (Å²) in [5.74, 6) is -4.55. The van der Waals surface area contributed by atoms with Gasteiger partial charge in [0.2, 0.25) is 0 Å². The fraction of sp³-hybridized carbons (Fsp3) is 0.421. The lowest BCUT2D eigenvalue weighted by Gasteiger charge is -2.36. The van der Waals surface area contributed by atoms with Gasteiger partial charge >= 0.3 is 6.03 Å². The van der Waals surface area contributed by atoms with Crippen molar-refractivity contribution in [3.63, 3.8) is 0 Å². The van der Waals surface area contributed by atoms with Crippen LogP contribution in [0.1, 0.15) is 36.8 Å². The molecular formula is C19H21ClF3N5O2. The van der Waals surface area contributed by atoms with E-state index in [1.807, 2.05) is 0 Å². The summed E-state index contributed by atoms with van der Waals surface area (Å²) in [5.41, 5.74) is 4.80. The van der Waals surface area contributed by atoms with Gasteiger partial charge in [0.25, 0.3) is 11.8 Å². The van der Waals surface area contributed by atoms with Gasteiger partial charge in [0, 0.05) is 19.0 Å². The van der Waals surface area contributed by atoms with E-state index in [9.17, 15) is 22.8 Å². The minimum absolute atomic E-state index is 0.0581. The molecule has 0 aliphatic carbocycles. The van der Waals surface area contributed by atoms with Crippen molar-refractivity contribution in [2.45, 2.75) is 45.3 Å². The molecule has 0 bridgehead atoms. The van der Waals surface area contributed by atoms with Crippen LogP contribution in [-0.4, -0.2) is 44.6 Å². The predicted octanol–water partition coefficient (Wildman–Crippen LogP) is 3.40.